The minimum atomic E-state index is -3.85. The quantitative estimate of drug-likeness (QED) is 0.354. The molecule has 0 saturated heterocycles. The highest BCUT2D eigenvalue weighted by Gasteiger charge is 2.24. The van der Waals surface area contributed by atoms with Crippen LogP contribution in [0.25, 0.3) is 0 Å². The molecule has 0 amide bonds. The van der Waals surface area contributed by atoms with Gasteiger partial charge in [-0.25, -0.2) is 22.0 Å². The summed E-state index contributed by atoms with van der Waals surface area (Å²) >= 11 is 0. The van der Waals surface area contributed by atoms with E-state index in [-0.39, 0.29) is 29.4 Å². The lowest BCUT2D eigenvalue weighted by Crippen LogP contribution is -2.32. The molecule has 0 radical (unpaired) electrons. The maximum absolute atomic E-state index is 13.5. The van der Waals surface area contributed by atoms with E-state index in [1.54, 1.807) is 60.7 Å². The Kier molecular flexibility index (Phi) is 8.28. The first-order valence-corrected chi connectivity index (χ1v) is 13.7. The third-order valence-corrected chi connectivity index (χ3v) is 8.08. The van der Waals surface area contributed by atoms with Gasteiger partial charge in [-0.15, -0.1) is 0 Å². The molecule has 3 aromatic carbocycles. The Morgan fingerprint density at radius 3 is 2.14 bits per heavy atom. The van der Waals surface area contributed by atoms with Crippen molar-refractivity contribution >= 4 is 31.7 Å². The molecule has 4 N–H and O–H groups in total. The fraction of sp³-hybridized carbons (Fsp3) is 0.208. The van der Waals surface area contributed by atoms with Gasteiger partial charge in [0.15, 0.2) is 0 Å². The van der Waals surface area contributed by atoms with Crippen LogP contribution in [-0.4, -0.2) is 45.3 Å². The Labute approximate surface area is 205 Å². The summed E-state index contributed by atoms with van der Waals surface area (Å²) in [5, 5.41) is 16.8. The van der Waals surface area contributed by atoms with Gasteiger partial charge in [-0.2, -0.15) is 4.31 Å². The van der Waals surface area contributed by atoms with E-state index in [2.05, 4.69) is 5.32 Å². The Morgan fingerprint density at radius 1 is 0.914 bits per heavy atom. The number of carbonyl (C=O) groups is 1. The average molecular weight is 518 g/mol. The minimum Gasteiger partial charge on any atom is -0.480 e. The van der Waals surface area contributed by atoms with Crippen LogP contribution in [0.5, 0.6) is 0 Å². The lowest BCUT2D eigenvalue weighted by atomic mass is 10.1. The van der Waals surface area contributed by atoms with Gasteiger partial charge in [-0.3, -0.25) is 4.79 Å². The minimum absolute atomic E-state index is 0.0175. The van der Waals surface area contributed by atoms with E-state index < -0.39 is 26.0 Å². The topological polar surface area (TPSA) is 147 Å². The number of benzene rings is 3. The Balaban J connectivity index is 1.86. The van der Waals surface area contributed by atoms with Crippen LogP contribution in [0.4, 0.5) is 5.69 Å². The maximum Gasteiger partial charge on any atom is 0.322 e. The molecule has 35 heavy (non-hydrogen) atoms. The Bertz CT molecular complexity index is 1390. The number of aliphatic carboxylic acids is 1. The molecule has 0 aliphatic heterocycles. The standard InChI is InChI=1S/C24H27N3O6S2/c1-18-5-9-23(10-6-18)35(32,33)27(14-13-19-7-11-22(12-8-19)34(25,30)31)17-20-3-2-4-21(15-20)26-16-24(28)29/h2-12,15,26H,13-14,16-17H2,1H3,(H,28,29)(H2,25,30,31). The number of sulfonamides is 2. The highest BCUT2D eigenvalue weighted by Crippen LogP contribution is 2.21. The summed E-state index contributed by atoms with van der Waals surface area (Å²) in [5.41, 5.74) is 2.93. The van der Waals surface area contributed by atoms with E-state index in [4.69, 9.17) is 10.2 Å². The normalized spacial score (nSPS) is 12.0. The number of anilines is 1. The van der Waals surface area contributed by atoms with Crippen LogP contribution >= 0.6 is 0 Å². The van der Waals surface area contributed by atoms with E-state index in [9.17, 15) is 21.6 Å². The van der Waals surface area contributed by atoms with Gasteiger partial charge >= 0.3 is 5.97 Å². The van der Waals surface area contributed by atoms with Crippen LogP contribution in [0.1, 0.15) is 16.7 Å². The summed E-state index contributed by atoms with van der Waals surface area (Å²) in [6.07, 6.45) is 0.340. The summed E-state index contributed by atoms with van der Waals surface area (Å²) < 4.78 is 51.3. The second kappa shape index (κ2) is 11.0. The van der Waals surface area contributed by atoms with Gasteiger partial charge in [-0.1, -0.05) is 42.0 Å². The lowest BCUT2D eigenvalue weighted by molar-refractivity contribution is -0.134. The number of carboxylic acid groups (broad SMARTS) is 1. The zero-order valence-corrected chi connectivity index (χ0v) is 20.7. The molecule has 186 valence electrons. The van der Waals surface area contributed by atoms with E-state index in [0.29, 0.717) is 17.7 Å². The molecule has 0 atom stereocenters. The molecule has 0 heterocycles. The van der Waals surface area contributed by atoms with E-state index in [0.717, 1.165) is 11.1 Å². The predicted molar refractivity (Wildman–Crippen MR) is 133 cm³/mol. The van der Waals surface area contributed by atoms with Crippen molar-refractivity contribution in [3.8, 4) is 0 Å². The summed E-state index contributed by atoms with van der Waals surface area (Å²) in [6.45, 7) is 1.81. The van der Waals surface area contributed by atoms with Gasteiger partial charge in [0.05, 0.1) is 9.79 Å². The van der Waals surface area contributed by atoms with E-state index in [1.165, 1.54) is 16.4 Å². The molecule has 0 aliphatic carbocycles. The predicted octanol–water partition coefficient (Wildman–Crippen LogP) is 2.57. The third-order valence-electron chi connectivity index (χ3n) is 5.29. The van der Waals surface area contributed by atoms with E-state index in [1.807, 2.05) is 6.92 Å². The molecule has 0 unspecified atom stereocenters. The zero-order valence-electron chi connectivity index (χ0n) is 19.1. The molecule has 0 bridgehead atoms. The smallest absolute Gasteiger partial charge is 0.322 e. The van der Waals surface area contributed by atoms with Crippen LogP contribution in [0.2, 0.25) is 0 Å². The fourth-order valence-corrected chi connectivity index (χ4v) is 5.35. The summed E-state index contributed by atoms with van der Waals surface area (Å²) in [6, 6.07) is 19.5. The van der Waals surface area contributed by atoms with Crippen molar-refractivity contribution in [2.24, 2.45) is 5.14 Å². The zero-order chi connectivity index (χ0) is 25.6. The van der Waals surface area contributed by atoms with Crippen molar-refractivity contribution < 1.29 is 26.7 Å². The number of hydrogen-bond acceptors (Lipinski definition) is 6. The number of nitrogens with two attached hydrogens (primary N) is 1. The highest BCUT2D eigenvalue weighted by molar-refractivity contribution is 7.89. The summed E-state index contributed by atoms with van der Waals surface area (Å²) in [5.74, 6) is -1.01. The molecular formula is C24H27N3O6S2. The Morgan fingerprint density at radius 2 is 1.54 bits per heavy atom. The van der Waals surface area contributed by atoms with Crippen molar-refractivity contribution in [1.82, 2.24) is 4.31 Å². The van der Waals surface area contributed by atoms with Crippen LogP contribution in [0.3, 0.4) is 0 Å². The molecule has 0 aliphatic rings. The maximum atomic E-state index is 13.5. The monoisotopic (exact) mass is 517 g/mol. The third kappa shape index (κ3) is 7.36. The number of hydrogen-bond donors (Lipinski definition) is 3. The molecule has 3 rings (SSSR count). The van der Waals surface area contributed by atoms with Gasteiger partial charge in [0, 0.05) is 18.8 Å². The summed E-state index contributed by atoms with van der Waals surface area (Å²) in [7, 11) is -7.67. The van der Waals surface area contributed by atoms with Crippen molar-refractivity contribution in [3.05, 3.63) is 89.5 Å². The van der Waals surface area contributed by atoms with Crippen LogP contribution in [0, 0.1) is 6.92 Å². The van der Waals surface area contributed by atoms with Crippen molar-refractivity contribution in [3.63, 3.8) is 0 Å². The van der Waals surface area contributed by atoms with Crippen LogP contribution in [-0.2, 0) is 37.8 Å². The lowest BCUT2D eigenvalue weighted by Gasteiger charge is -2.23. The van der Waals surface area contributed by atoms with Crippen molar-refractivity contribution in [2.75, 3.05) is 18.4 Å². The molecule has 0 saturated carbocycles. The molecule has 9 nitrogen and oxygen atoms in total. The molecule has 0 spiro atoms. The number of nitrogens with zero attached hydrogens (tertiary/aromatic N) is 1. The first kappa shape index (κ1) is 26.4. The fourth-order valence-electron chi connectivity index (χ4n) is 3.40. The second-order valence-electron chi connectivity index (χ2n) is 8.04. The second-order valence-corrected chi connectivity index (χ2v) is 11.5. The van der Waals surface area contributed by atoms with Gasteiger partial charge in [0.25, 0.3) is 0 Å². The van der Waals surface area contributed by atoms with Gasteiger partial charge in [-0.05, 0) is 60.9 Å². The number of primary sulfonamides is 1. The summed E-state index contributed by atoms with van der Waals surface area (Å²) in [4.78, 5) is 11.0. The number of rotatable bonds is 11. The molecule has 0 fully saturated rings. The first-order valence-electron chi connectivity index (χ1n) is 10.7. The van der Waals surface area contributed by atoms with Crippen LogP contribution < -0.4 is 10.5 Å². The van der Waals surface area contributed by atoms with Gasteiger partial charge in [0.1, 0.15) is 6.54 Å². The number of aryl methyl sites for hydroxylation is 1. The van der Waals surface area contributed by atoms with Gasteiger partial charge < -0.3 is 10.4 Å². The van der Waals surface area contributed by atoms with Crippen molar-refractivity contribution in [2.45, 2.75) is 29.7 Å². The Hall–Kier alpha value is -3.25. The average Bonchev–Trinajstić information content (AvgIpc) is 2.80. The molecular weight excluding hydrogens is 490 g/mol. The van der Waals surface area contributed by atoms with Crippen LogP contribution in [0.15, 0.2) is 82.6 Å². The molecule has 0 aromatic heterocycles. The SMILES string of the molecule is Cc1ccc(S(=O)(=O)N(CCc2ccc(S(N)(=O)=O)cc2)Cc2cccc(NCC(=O)O)c2)cc1. The molecule has 11 heteroatoms. The number of nitrogens with one attached hydrogen (secondary N) is 1. The molecule has 3 aromatic rings. The highest BCUT2D eigenvalue weighted by atomic mass is 32.2. The van der Waals surface area contributed by atoms with Crippen molar-refractivity contribution in [1.29, 1.82) is 0 Å². The largest absolute Gasteiger partial charge is 0.480 e. The van der Waals surface area contributed by atoms with Gasteiger partial charge in [0.2, 0.25) is 20.0 Å². The van der Waals surface area contributed by atoms with E-state index >= 15 is 0 Å². The number of carboxylic acids is 1. The first-order chi connectivity index (χ1) is 16.4.